The zero-order chi connectivity index (χ0) is 22.9. The number of hydrogen-bond acceptors (Lipinski definition) is 9. The third-order valence-corrected chi connectivity index (χ3v) is 7.88. The summed E-state index contributed by atoms with van der Waals surface area (Å²) in [6, 6.07) is 16.8. The number of carbonyl (C=O) groups is 2. The number of nitrogens with zero attached hydrogens (tertiary/aromatic N) is 3. The molecule has 2 heterocycles. The summed E-state index contributed by atoms with van der Waals surface area (Å²) in [5, 5.41) is 7.11. The maximum absolute atomic E-state index is 12.7. The van der Waals surface area contributed by atoms with Crippen LogP contribution in [0.4, 0.5) is 11.4 Å². The molecule has 1 atom stereocenters. The number of para-hydroxylation sites is 1. The normalized spacial score (nSPS) is 20.1. The van der Waals surface area contributed by atoms with E-state index >= 15 is 0 Å². The third kappa shape index (κ3) is 3.85. The number of benzene rings is 2. The Bertz CT molecular complexity index is 1110. The molecular weight excluding hydrogens is 470 g/mol. The number of hydrogen-bond donors (Lipinski definition) is 0. The molecule has 1 spiro atoms. The van der Waals surface area contributed by atoms with Crippen LogP contribution in [0.3, 0.4) is 0 Å². The van der Waals surface area contributed by atoms with Gasteiger partial charge in [-0.3, -0.25) is 0 Å². The summed E-state index contributed by atoms with van der Waals surface area (Å²) >= 11 is 8.60. The molecule has 10 heteroatoms. The van der Waals surface area contributed by atoms with Crippen molar-refractivity contribution in [3.05, 3.63) is 70.2 Å². The lowest BCUT2D eigenvalue weighted by molar-refractivity contribution is -0.135. The second-order valence-corrected chi connectivity index (χ2v) is 9.78. The Hall–Kier alpha value is -2.62. The number of halogens is 1. The van der Waals surface area contributed by atoms with Crippen LogP contribution in [0.2, 0.25) is 5.02 Å². The molecule has 32 heavy (non-hydrogen) atoms. The zero-order valence-electron chi connectivity index (χ0n) is 17.6. The van der Waals surface area contributed by atoms with Crippen LogP contribution in [0.15, 0.2) is 70.3 Å². The number of methoxy groups -OCH3 is 1. The zero-order valence-corrected chi connectivity index (χ0v) is 20.0. The third-order valence-electron chi connectivity index (χ3n) is 4.78. The van der Waals surface area contributed by atoms with Gasteiger partial charge in [0.05, 0.1) is 19.4 Å². The van der Waals surface area contributed by atoms with Gasteiger partial charge in [0.25, 0.3) is 0 Å². The van der Waals surface area contributed by atoms with Crippen molar-refractivity contribution in [2.75, 3.05) is 23.6 Å². The standard InChI is InChI=1S/C22H20ClN3O4S2/c1-4-30-21(28)19-24-26(17-12-10-15(23)11-13-17)22(32-19)25(16-8-6-5-7-9-16)14(2)18(31-22)20(27)29-3/h5-13H,4H2,1-3H3. The van der Waals surface area contributed by atoms with E-state index in [9.17, 15) is 9.59 Å². The highest BCUT2D eigenvalue weighted by Crippen LogP contribution is 2.60. The molecule has 0 amide bonds. The van der Waals surface area contributed by atoms with Crippen LogP contribution in [0.5, 0.6) is 0 Å². The van der Waals surface area contributed by atoms with Crippen molar-refractivity contribution in [1.29, 1.82) is 0 Å². The Labute approximate surface area is 199 Å². The van der Waals surface area contributed by atoms with E-state index in [-0.39, 0.29) is 11.7 Å². The maximum atomic E-state index is 12.7. The molecule has 2 aliphatic rings. The molecule has 0 aromatic heterocycles. The van der Waals surface area contributed by atoms with Crippen molar-refractivity contribution < 1.29 is 19.1 Å². The molecule has 7 nitrogen and oxygen atoms in total. The van der Waals surface area contributed by atoms with Gasteiger partial charge in [-0.1, -0.05) is 41.6 Å². The quantitative estimate of drug-likeness (QED) is 0.541. The summed E-state index contributed by atoms with van der Waals surface area (Å²) in [7, 11) is 1.35. The first kappa shape index (κ1) is 22.6. The minimum absolute atomic E-state index is 0.189. The molecule has 166 valence electrons. The summed E-state index contributed by atoms with van der Waals surface area (Å²) in [5.41, 5.74) is 2.23. The Balaban J connectivity index is 1.89. The van der Waals surface area contributed by atoms with E-state index in [0.717, 1.165) is 5.69 Å². The highest BCUT2D eigenvalue weighted by molar-refractivity contribution is 8.29. The average molecular weight is 490 g/mol. The number of allylic oxidation sites excluding steroid dienone is 1. The van der Waals surface area contributed by atoms with Crippen LogP contribution >= 0.6 is 35.1 Å². The Morgan fingerprint density at radius 2 is 1.72 bits per heavy atom. The van der Waals surface area contributed by atoms with Crippen LogP contribution in [-0.4, -0.2) is 35.0 Å². The fourth-order valence-electron chi connectivity index (χ4n) is 3.41. The molecule has 0 saturated carbocycles. The molecule has 2 aromatic carbocycles. The fraction of sp³-hybridized carbons (Fsp3) is 0.227. The number of rotatable bonds is 5. The number of ether oxygens (including phenoxy) is 2. The monoisotopic (exact) mass is 489 g/mol. The van der Waals surface area contributed by atoms with Gasteiger partial charge < -0.3 is 14.4 Å². The van der Waals surface area contributed by atoms with Crippen LogP contribution in [0.25, 0.3) is 0 Å². The average Bonchev–Trinajstić information content (AvgIpc) is 3.32. The number of hydrazone groups is 1. The lowest BCUT2D eigenvalue weighted by Gasteiger charge is -2.41. The first-order valence-electron chi connectivity index (χ1n) is 9.75. The molecule has 0 bridgehead atoms. The predicted octanol–water partition coefficient (Wildman–Crippen LogP) is 5.04. The van der Waals surface area contributed by atoms with Gasteiger partial charge in [-0.15, -0.1) is 0 Å². The summed E-state index contributed by atoms with van der Waals surface area (Å²) in [4.78, 5) is 27.7. The first-order valence-corrected chi connectivity index (χ1v) is 11.8. The van der Waals surface area contributed by atoms with E-state index in [0.29, 0.717) is 21.3 Å². The van der Waals surface area contributed by atoms with Crippen molar-refractivity contribution in [2.24, 2.45) is 5.10 Å². The Morgan fingerprint density at radius 3 is 2.34 bits per heavy atom. The Kier molecular flexibility index (Phi) is 6.41. The highest BCUT2D eigenvalue weighted by Gasteiger charge is 2.58. The van der Waals surface area contributed by atoms with E-state index < -0.39 is 16.3 Å². The SMILES string of the molecule is CCOC(=O)C1=NN(c2ccc(Cl)cc2)C2(S1)SC(C(=O)OC)=C(C)N2c1ccccc1. The molecular formula is C22H20ClN3O4S2. The summed E-state index contributed by atoms with van der Waals surface area (Å²) in [6.45, 7) is 3.82. The molecule has 2 aromatic rings. The molecule has 0 fully saturated rings. The largest absolute Gasteiger partial charge is 0.465 e. The van der Waals surface area contributed by atoms with Crippen molar-refractivity contribution in [3.8, 4) is 0 Å². The molecule has 4 rings (SSSR count). The maximum Gasteiger partial charge on any atom is 0.365 e. The molecule has 0 saturated heterocycles. The molecule has 0 N–H and O–H groups in total. The highest BCUT2D eigenvalue weighted by atomic mass is 35.5. The van der Waals surface area contributed by atoms with E-state index in [4.69, 9.17) is 21.1 Å². The van der Waals surface area contributed by atoms with Gasteiger partial charge in [-0.05, 0) is 62.0 Å². The van der Waals surface area contributed by atoms with Gasteiger partial charge in [0.2, 0.25) is 9.37 Å². The summed E-state index contributed by atoms with van der Waals surface area (Å²) in [6.07, 6.45) is 0. The van der Waals surface area contributed by atoms with E-state index in [1.165, 1.54) is 30.6 Å². The van der Waals surface area contributed by atoms with Crippen LogP contribution in [0.1, 0.15) is 13.8 Å². The fourth-order valence-corrected chi connectivity index (χ4v) is 6.51. The van der Waals surface area contributed by atoms with Crippen LogP contribution in [0, 0.1) is 0 Å². The topological polar surface area (TPSA) is 71.4 Å². The molecule has 0 radical (unpaired) electrons. The summed E-state index contributed by atoms with van der Waals surface area (Å²) < 4.78 is 9.24. The number of anilines is 2. The van der Waals surface area contributed by atoms with Crippen molar-refractivity contribution >= 4 is 63.5 Å². The van der Waals surface area contributed by atoms with Crippen molar-refractivity contribution in [3.63, 3.8) is 0 Å². The van der Waals surface area contributed by atoms with E-state index in [2.05, 4.69) is 5.10 Å². The smallest absolute Gasteiger partial charge is 0.365 e. The lowest BCUT2D eigenvalue weighted by Crippen LogP contribution is -2.49. The number of esters is 2. The van der Waals surface area contributed by atoms with Gasteiger partial charge in [-0.25, -0.2) is 14.6 Å². The van der Waals surface area contributed by atoms with Gasteiger partial charge >= 0.3 is 11.9 Å². The second-order valence-electron chi connectivity index (χ2n) is 6.74. The second kappa shape index (κ2) is 9.09. The predicted molar refractivity (Wildman–Crippen MR) is 130 cm³/mol. The Morgan fingerprint density at radius 1 is 1.03 bits per heavy atom. The van der Waals surface area contributed by atoms with Gasteiger partial charge in [0, 0.05) is 16.4 Å². The van der Waals surface area contributed by atoms with E-state index in [1.807, 2.05) is 54.3 Å². The van der Waals surface area contributed by atoms with Gasteiger partial charge in [-0.2, -0.15) is 5.10 Å². The van der Waals surface area contributed by atoms with Crippen molar-refractivity contribution in [1.82, 2.24) is 0 Å². The summed E-state index contributed by atoms with van der Waals surface area (Å²) in [5.74, 6) is -0.974. The molecule has 1 unspecified atom stereocenters. The first-order chi connectivity index (χ1) is 15.4. The number of carbonyl (C=O) groups excluding carboxylic acids is 2. The van der Waals surface area contributed by atoms with Gasteiger partial charge in [0.15, 0.2) is 0 Å². The minimum atomic E-state index is -1.02. The van der Waals surface area contributed by atoms with Gasteiger partial charge in [0.1, 0.15) is 4.91 Å². The van der Waals surface area contributed by atoms with Crippen LogP contribution in [-0.2, 0) is 19.1 Å². The van der Waals surface area contributed by atoms with E-state index in [1.54, 1.807) is 24.1 Å². The lowest BCUT2D eigenvalue weighted by atomic mass is 10.2. The molecule has 2 aliphatic heterocycles. The van der Waals surface area contributed by atoms with Crippen molar-refractivity contribution in [2.45, 2.75) is 18.2 Å². The molecule has 0 aliphatic carbocycles. The minimum Gasteiger partial charge on any atom is -0.465 e. The number of thioether (sulfide) groups is 2. The van der Waals surface area contributed by atoms with Crippen LogP contribution < -0.4 is 9.91 Å².